The molecule has 2 rings (SSSR count). The van der Waals surface area contributed by atoms with Crippen LogP contribution in [0.3, 0.4) is 0 Å². The minimum absolute atomic E-state index is 0.346. The maximum Gasteiger partial charge on any atom is 0.307 e. The monoisotopic (exact) mass is 266 g/mol. The lowest BCUT2D eigenvalue weighted by Gasteiger charge is -2.44. The van der Waals surface area contributed by atoms with E-state index >= 15 is 0 Å². The van der Waals surface area contributed by atoms with Crippen LogP contribution in [0.1, 0.15) is 19.4 Å². The Labute approximate surface area is 112 Å². The molecular weight excluding hydrogens is 248 g/mol. The maximum absolute atomic E-state index is 11.2. The van der Waals surface area contributed by atoms with Gasteiger partial charge < -0.3 is 9.84 Å². The standard InChI is InChI=1S/C14H18O3S/c1-3-18-12-6-4-11(5-7-12)14(8-17-9-14)10(2)13(15)16/h4-7,10H,3,8-9H2,1-2H3,(H,15,16). The molecule has 1 aromatic carbocycles. The molecule has 18 heavy (non-hydrogen) atoms. The Balaban J connectivity index is 2.25. The largest absolute Gasteiger partial charge is 0.481 e. The van der Waals surface area contributed by atoms with Gasteiger partial charge in [0.25, 0.3) is 0 Å². The quantitative estimate of drug-likeness (QED) is 0.832. The van der Waals surface area contributed by atoms with Gasteiger partial charge in [0.05, 0.1) is 24.5 Å². The molecule has 1 atom stereocenters. The summed E-state index contributed by atoms with van der Waals surface area (Å²) < 4.78 is 5.27. The highest BCUT2D eigenvalue weighted by Gasteiger charge is 2.48. The first kappa shape index (κ1) is 13.4. The van der Waals surface area contributed by atoms with Crippen molar-refractivity contribution in [1.29, 1.82) is 0 Å². The molecule has 98 valence electrons. The van der Waals surface area contributed by atoms with Gasteiger partial charge in [0.1, 0.15) is 0 Å². The zero-order chi connectivity index (χ0) is 13.2. The van der Waals surface area contributed by atoms with E-state index in [0.29, 0.717) is 13.2 Å². The lowest BCUT2D eigenvalue weighted by Crippen LogP contribution is -2.53. The van der Waals surface area contributed by atoms with Gasteiger partial charge >= 0.3 is 5.97 Å². The van der Waals surface area contributed by atoms with Gasteiger partial charge in [-0.3, -0.25) is 4.79 Å². The Morgan fingerprint density at radius 2 is 2.06 bits per heavy atom. The third kappa shape index (κ3) is 2.27. The molecule has 4 heteroatoms. The molecule has 0 aromatic heterocycles. The number of ether oxygens (including phenoxy) is 1. The van der Waals surface area contributed by atoms with Gasteiger partial charge in [0, 0.05) is 4.90 Å². The molecule has 1 heterocycles. The Hall–Kier alpha value is -1.00. The fraction of sp³-hybridized carbons (Fsp3) is 0.500. The zero-order valence-corrected chi connectivity index (χ0v) is 11.5. The summed E-state index contributed by atoms with van der Waals surface area (Å²) in [5.74, 6) is -0.139. The predicted octanol–water partition coefficient (Wildman–Crippen LogP) is 2.79. The van der Waals surface area contributed by atoms with E-state index in [1.165, 1.54) is 4.90 Å². The number of hydrogen-bond acceptors (Lipinski definition) is 3. The molecule has 3 nitrogen and oxygen atoms in total. The summed E-state index contributed by atoms with van der Waals surface area (Å²) in [6.07, 6.45) is 0. The summed E-state index contributed by atoms with van der Waals surface area (Å²) in [6, 6.07) is 8.22. The number of benzene rings is 1. The molecule has 1 N–H and O–H groups in total. The molecule has 1 aliphatic rings. The van der Waals surface area contributed by atoms with Crippen molar-refractivity contribution >= 4 is 17.7 Å². The third-order valence-electron chi connectivity index (χ3n) is 3.66. The molecule has 0 amide bonds. The highest BCUT2D eigenvalue weighted by atomic mass is 32.2. The van der Waals surface area contributed by atoms with Gasteiger partial charge in [-0.1, -0.05) is 26.0 Å². The molecule has 1 saturated heterocycles. The van der Waals surface area contributed by atoms with Crippen molar-refractivity contribution in [3.05, 3.63) is 29.8 Å². The number of hydrogen-bond donors (Lipinski definition) is 1. The van der Waals surface area contributed by atoms with Gasteiger partial charge in [-0.15, -0.1) is 11.8 Å². The Morgan fingerprint density at radius 1 is 1.44 bits per heavy atom. The lowest BCUT2D eigenvalue weighted by atomic mass is 9.69. The molecule has 0 bridgehead atoms. The minimum Gasteiger partial charge on any atom is -0.481 e. The molecule has 1 fully saturated rings. The second-order valence-corrected chi connectivity index (χ2v) is 6.00. The minimum atomic E-state index is -0.759. The Morgan fingerprint density at radius 3 is 2.44 bits per heavy atom. The van der Waals surface area contributed by atoms with Crippen molar-refractivity contribution in [2.24, 2.45) is 5.92 Å². The second kappa shape index (κ2) is 5.33. The van der Waals surface area contributed by atoms with Gasteiger partial charge in [0.15, 0.2) is 0 Å². The number of thioether (sulfide) groups is 1. The number of aliphatic carboxylic acids is 1. The summed E-state index contributed by atoms with van der Waals surface area (Å²) in [5, 5.41) is 9.22. The molecular formula is C14H18O3S. The highest BCUT2D eigenvalue weighted by Crippen LogP contribution is 2.40. The Kier molecular flexibility index (Phi) is 3.97. The van der Waals surface area contributed by atoms with E-state index in [4.69, 9.17) is 4.74 Å². The first-order chi connectivity index (χ1) is 8.60. The van der Waals surface area contributed by atoms with Crippen LogP contribution in [-0.4, -0.2) is 30.0 Å². The highest BCUT2D eigenvalue weighted by molar-refractivity contribution is 7.99. The van der Waals surface area contributed by atoms with Crippen LogP contribution in [-0.2, 0) is 14.9 Å². The van der Waals surface area contributed by atoms with Crippen LogP contribution in [0.4, 0.5) is 0 Å². The van der Waals surface area contributed by atoms with E-state index in [2.05, 4.69) is 19.1 Å². The summed E-state index contributed by atoms with van der Waals surface area (Å²) in [7, 11) is 0. The van der Waals surface area contributed by atoms with Gasteiger partial charge in [0.2, 0.25) is 0 Å². The molecule has 0 saturated carbocycles. The van der Waals surface area contributed by atoms with E-state index in [1.54, 1.807) is 18.7 Å². The van der Waals surface area contributed by atoms with E-state index in [-0.39, 0.29) is 5.41 Å². The van der Waals surface area contributed by atoms with Gasteiger partial charge in [-0.2, -0.15) is 0 Å². The molecule has 1 aliphatic heterocycles. The Bertz CT molecular complexity index is 423. The second-order valence-electron chi connectivity index (χ2n) is 4.67. The van der Waals surface area contributed by atoms with Crippen LogP contribution in [0.2, 0.25) is 0 Å². The van der Waals surface area contributed by atoms with Crippen LogP contribution in [0, 0.1) is 5.92 Å². The lowest BCUT2D eigenvalue weighted by molar-refractivity contribution is -0.155. The fourth-order valence-corrected chi connectivity index (χ4v) is 2.94. The van der Waals surface area contributed by atoms with E-state index in [1.807, 2.05) is 12.1 Å². The van der Waals surface area contributed by atoms with Crippen molar-refractivity contribution in [1.82, 2.24) is 0 Å². The topological polar surface area (TPSA) is 46.5 Å². The van der Waals surface area contributed by atoms with Crippen molar-refractivity contribution in [3.63, 3.8) is 0 Å². The van der Waals surface area contributed by atoms with Crippen LogP contribution in [0.5, 0.6) is 0 Å². The number of carboxylic acid groups (broad SMARTS) is 1. The summed E-state index contributed by atoms with van der Waals surface area (Å²) in [4.78, 5) is 12.4. The first-order valence-corrected chi connectivity index (χ1v) is 7.12. The normalized spacial score (nSPS) is 19.0. The van der Waals surface area contributed by atoms with Crippen LogP contribution >= 0.6 is 11.8 Å². The zero-order valence-electron chi connectivity index (χ0n) is 10.7. The summed E-state index contributed by atoms with van der Waals surface area (Å²) in [6.45, 7) is 4.88. The fourth-order valence-electron chi connectivity index (χ4n) is 2.27. The van der Waals surface area contributed by atoms with Crippen molar-refractivity contribution < 1.29 is 14.6 Å². The average molecular weight is 266 g/mol. The molecule has 0 aliphatic carbocycles. The van der Waals surface area contributed by atoms with E-state index in [9.17, 15) is 9.90 Å². The molecule has 1 aromatic rings. The average Bonchev–Trinajstić information content (AvgIpc) is 2.30. The first-order valence-electron chi connectivity index (χ1n) is 6.14. The molecule has 0 spiro atoms. The predicted molar refractivity (Wildman–Crippen MR) is 72.1 cm³/mol. The molecule has 1 unspecified atom stereocenters. The number of carbonyl (C=O) groups is 1. The third-order valence-corrected chi connectivity index (χ3v) is 4.55. The number of carboxylic acids is 1. The van der Waals surface area contributed by atoms with E-state index < -0.39 is 11.9 Å². The maximum atomic E-state index is 11.2. The van der Waals surface area contributed by atoms with Crippen LogP contribution in [0.25, 0.3) is 0 Å². The molecule has 0 radical (unpaired) electrons. The van der Waals surface area contributed by atoms with Crippen molar-refractivity contribution in [2.45, 2.75) is 24.2 Å². The number of rotatable bonds is 5. The summed E-state index contributed by atoms with van der Waals surface area (Å²) >= 11 is 1.79. The van der Waals surface area contributed by atoms with Crippen molar-refractivity contribution in [3.8, 4) is 0 Å². The van der Waals surface area contributed by atoms with Gasteiger partial charge in [-0.25, -0.2) is 0 Å². The SMILES string of the molecule is CCSc1ccc(C2(C(C)C(=O)O)COC2)cc1. The van der Waals surface area contributed by atoms with E-state index in [0.717, 1.165) is 11.3 Å². The van der Waals surface area contributed by atoms with Crippen LogP contribution < -0.4 is 0 Å². The smallest absolute Gasteiger partial charge is 0.307 e. The summed E-state index contributed by atoms with van der Waals surface area (Å²) in [5.41, 5.74) is 0.727. The van der Waals surface area contributed by atoms with Crippen LogP contribution in [0.15, 0.2) is 29.2 Å². The van der Waals surface area contributed by atoms with Crippen molar-refractivity contribution in [2.75, 3.05) is 19.0 Å². The van der Waals surface area contributed by atoms with Gasteiger partial charge in [-0.05, 0) is 23.4 Å².